The van der Waals surface area contributed by atoms with Crippen molar-refractivity contribution in [2.75, 3.05) is 26.3 Å². The van der Waals surface area contributed by atoms with Crippen LogP contribution in [-0.2, 0) is 0 Å². The second-order valence-corrected chi connectivity index (χ2v) is 5.50. The second kappa shape index (κ2) is 6.71. The molecule has 1 aromatic heterocycles. The molecular weight excluding hydrogens is 317 g/mol. The number of hydrogen-bond acceptors (Lipinski definition) is 5. The lowest BCUT2D eigenvalue weighted by atomic mass is 9.93. The highest BCUT2D eigenvalue weighted by molar-refractivity contribution is 5.94. The van der Waals surface area contributed by atoms with Crippen LogP contribution in [0.15, 0.2) is 18.3 Å². The monoisotopic (exact) mass is 334 g/mol. The summed E-state index contributed by atoms with van der Waals surface area (Å²) in [6, 6.07) is 2.49. The molecule has 1 amide bonds. The van der Waals surface area contributed by atoms with Crippen molar-refractivity contribution >= 4 is 5.91 Å². The van der Waals surface area contributed by atoms with E-state index in [0.717, 1.165) is 6.20 Å². The summed E-state index contributed by atoms with van der Waals surface area (Å²) in [4.78, 5) is 17.4. The number of piperidine rings is 1. The quantitative estimate of drug-likeness (QED) is 0.858. The Hall–Kier alpha value is -1.87. The molecule has 1 aliphatic heterocycles. The van der Waals surface area contributed by atoms with Crippen LogP contribution in [0.3, 0.4) is 0 Å². The fraction of sp³-hybridized carbons (Fsp3) is 0.571. The average molecular weight is 334 g/mol. The standard InChI is InChI=1S/C14H17F3N2O4/c15-14(16,17)9-23-11-3-2-10(6-18-11)12(21)19-5-1-4-13(22,7-19)8-20/h2-3,6,20,22H,1,4-5,7-9H2. The third kappa shape index (κ3) is 4.80. The molecule has 0 spiro atoms. The molecule has 6 nitrogen and oxygen atoms in total. The van der Waals surface area contributed by atoms with Crippen molar-refractivity contribution in [2.45, 2.75) is 24.6 Å². The van der Waals surface area contributed by atoms with Crippen molar-refractivity contribution < 1.29 is 32.9 Å². The Balaban J connectivity index is 2.00. The van der Waals surface area contributed by atoms with Crippen molar-refractivity contribution in [3.8, 4) is 5.88 Å². The van der Waals surface area contributed by atoms with E-state index in [1.807, 2.05) is 0 Å². The number of amides is 1. The normalized spacial score (nSPS) is 22.0. The van der Waals surface area contributed by atoms with Gasteiger partial charge < -0.3 is 19.8 Å². The van der Waals surface area contributed by atoms with Crippen LogP contribution in [0.4, 0.5) is 13.2 Å². The summed E-state index contributed by atoms with van der Waals surface area (Å²) >= 11 is 0. The average Bonchev–Trinajstić information content (AvgIpc) is 2.52. The number of aliphatic hydroxyl groups excluding tert-OH is 1. The summed E-state index contributed by atoms with van der Waals surface area (Å²) in [5.41, 5.74) is -1.15. The Kier molecular flexibility index (Phi) is 5.10. The largest absolute Gasteiger partial charge is 0.468 e. The minimum absolute atomic E-state index is 0.00530. The van der Waals surface area contributed by atoms with Crippen molar-refractivity contribution in [1.82, 2.24) is 9.88 Å². The van der Waals surface area contributed by atoms with Gasteiger partial charge in [-0.15, -0.1) is 0 Å². The van der Waals surface area contributed by atoms with Gasteiger partial charge in [-0.3, -0.25) is 4.79 Å². The lowest BCUT2D eigenvalue weighted by molar-refractivity contribution is -0.154. The maximum atomic E-state index is 12.3. The van der Waals surface area contributed by atoms with Crippen LogP contribution in [0, 0.1) is 0 Å². The molecule has 0 radical (unpaired) electrons. The zero-order valence-electron chi connectivity index (χ0n) is 12.2. The SMILES string of the molecule is O=C(c1ccc(OCC(F)(F)F)nc1)N1CCCC(O)(CO)C1. The number of ether oxygens (including phenoxy) is 1. The number of likely N-dealkylation sites (tertiary alicyclic amines) is 1. The van der Waals surface area contributed by atoms with E-state index in [1.54, 1.807) is 0 Å². The van der Waals surface area contributed by atoms with Gasteiger partial charge in [-0.1, -0.05) is 0 Å². The van der Waals surface area contributed by atoms with Gasteiger partial charge in [0.25, 0.3) is 5.91 Å². The number of β-amino-alcohol motifs (C(OH)–C–C–N with tert-alkyl or cyclic N) is 1. The number of alkyl halides is 3. The zero-order chi connectivity index (χ0) is 17.1. The van der Waals surface area contributed by atoms with E-state index in [9.17, 15) is 28.2 Å². The van der Waals surface area contributed by atoms with Crippen LogP contribution in [-0.4, -0.2) is 64.1 Å². The molecule has 0 aromatic carbocycles. The molecule has 2 N–H and O–H groups in total. The molecule has 0 saturated carbocycles. The third-order valence-corrected chi connectivity index (χ3v) is 3.50. The highest BCUT2D eigenvalue weighted by Gasteiger charge is 2.35. The van der Waals surface area contributed by atoms with Crippen molar-refractivity contribution in [1.29, 1.82) is 0 Å². The molecule has 23 heavy (non-hydrogen) atoms. The number of carbonyl (C=O) groups is 1. The first-order valence-corrected chi connectivity index (χ1v) is 7.01. The third-order valence-electron chi connectivity index (χ3n) is 3.50. The Bertz CT molecular complexity index is 550. The molecule has 1 aliphatic rings. The summed E-state index contributed by atoms with van der Waals surface area (Å²) in [7, 11) is 0. The van der Waals surface area contributed by atoms with E-state index >= 15 is 0 Å². The van der Waals surface area contributed by atoms with Gasteiger partial charge in [-0.2, -0.15) is 13.2 Å². The molecule has 1 aromatic rings. The number of aromatic nitrogens is 1. The first kappa shape index (κ1) is 17.5. The highest BCUT2D eigenvalue weighted by Crippen LogP contribution is 2.22. The number of hydrogen-bond donors (Lipinski definition) is 2. The van der Waals surface area contributed by atoms with Crippen LogP contribution < -0.4 is 4.74 Å². The molecule has 1 fully saturated rings. The van der Waals surface area contributed by atoms with Crippen LogP contribution >= 0.6 is 0 Å². The lowest BCUT2D eigenvalue weighted by Gasteiger charge is -2.38. The zero-order valence-corrected chi connectivity index (χ0v) is 12.2. The van der Waals surface area contributed by atoms with E-state index in [4.69, 9.17) is 0 Å². The number of aliphatic hydroxyl groups is 2. The maximum Gasteiger partial charge on any atom is 0.422 e. The maximum absolute atomic E-state index is 12.3. The van der Waals surface area contributed by atoms with E-state index in [0.29, 0.717) is 19.4 Å². The van der Waals surface area contributed by atoms with E-state index in [-0.39, 0.29) is 18.0 Å². The van der Waals surface area contributed by atoms with Gasteiger partial charge in [0.15, 0.2) is 6.61 Å². The number of nitrogens with zero attached hydrogens (tertiary/aromatic N) is 2. The molecular formula is C14H17F3N2O4. The molecule has 0 bridgehead atoms. The van der Waals surface area contributed by atoms with Gasteiger partial charge >= 0.3 is 6.18 Å². The van der Waals surface area contributed by atoms with Crippen LogP contribution in [0.25, 0.3) is 0 Å². The number of pyridine rings is 1. The molecule has 1 saturated heterocycles. The van der Waals surface area contributed by atoms with Crippen LogP contribution in [0.2, 0.25) is 0 Å². The summed E-state index contributed by atoms with van der Waals surface area (Å²) in [5.74, 6) is -0.643. The fourth-order valence-electron chi connectivity index (χ4n) is 2.35. The number of carbonyl (C=O) groups excluding carboxylic acids is 1. The first-order chi connectivity index (χ1) is 10.7. The van der Waals surface area contributed by atoms with E-state index in [2.05, 4.69) is 9.72 Å². The van der Waals surface area contributed by atoms with Gasteiger partial charge in [0.05, 0.1) is 18.7 Å². The van der Waals surface area contributed by atoms with Crippen LogP contribution in [0.1, 0.15) is 23.2 Å². The predicted octanol–water partition coefficient (Wildman–Crippen LogP) is 0.982. The van der Waals surface area contributed by atoms with Gasteiger partial charge in [0.1, 0.15) is 5.60 Å². The Morgan fingerprint density at radius 3 is 2.74 bits per heavy atom. The molecule has 9 heteroatoms. The molecule has 1 atom stereocenters. The Morgan fingerprint density at radius 2 is 2.17 bits per heavy atom. The van der Waals surface area contributed by atoms with E-state index < -0.39 is 30.9 Å². The Labute approximate surface area is 130 Å². The molecule has 2 heterocycles. The molecule has 128 valence electrons. The van der Waals surface area contributed by atoms with Crippen molar-refractivity contribution in [3.05, 3.63) is 23.9 Å². The van der Waals surface area contributed by atoms with Gasteiger partial charge in [0.2, 0.25) is 5.88 Å². The topological polar surface area (TPSA) is 82.9 Å². The van der Waals surface area contributed by atoms with Gasteiger partial charge in [0, 0.05) is 18.8 Å². The molecule has 0 aliphatic carbocycles. The smallest absolute Gasteiger partial charge is 0.422 e. The Morgan fingerprint density at radius 1 is 1.43 bits per heavy atom. The summed E-state index contributed by atoms with van der Waals surface area (Å²) in [6.07, 6.45) is -2.39. The summed E-state index contributed by atoms with van der Waals surface area (Å²) in [5, 5.41) is 19.2. The number of rotatable bonds is 4. The van der Waals surface area contributed by atoms with E-state index in [1.165, 1.54) is 17.0 Å². The summed E-state index contributed by atoms with van der Waals surface area (Å²) < 4.78 is 40.6. The minimum Gasteiger partial charge on any atom is -0.468 e. The molecule has 1 unspecified atom stereocenters. The van der Waals surface area contributed by atoms with Gasteiger partial charge in [-0.25, -0.2) is 4.98 Å². The second-order valence-electron chi connectivity index (χ2n) is 5.50. The van der Waals surface area contributed by atoms with Crippen molar-refractivity contribution in [2.24, 2.45) is 0 Å². The molecule has 2 rings (SSSR count). The minimum atomic E-state index is -4.46. The fourth-order valence-corrected chi connectivity index (χ4v) is 2.35. The highest BCUT2D eigenvalue weighted by atomic mass is 19.4. The number of halogens is 3. The van der Waals surface area contributed by atoms with Gasteiger partial charge in [-0.05, 0) is 18.9 Å². The summed E-state index contributed by atoms with van der Waals surface area (Å²) in [6.45, 7) is -1.48. The van der Waals surface area contributed by atoms with Crippen LogP contribution in [0.5, 0.6) is 5.88 Å². The predicted molar refractivity (Wildman–Crippen MR) is 73.0 cm³/mol. The first-order valence-electron chi connectivity index (χ1n) is 7.01. The lowest BCUT2D eigenvalue weighted by Crippen LogP contribution is -2.52. The van der Waals surface area contributed by atoms with Crippen molar-refractivity contribution in [3.63, 3.8) is 0 Å².